The van der Waals surface area contributed by atoms with Gasteiger partial charge in [0.2, 0.25) is 0 Å². The van der Waals surface area contributed by atoms with Gasteiger partial charge in [-0.1, -0.05) is 46.2 Å². The molecule has 2 aromatic carbocycles. The first-order valence-electron chi connectivity index (χ1n) is 9.06. The molecular formula is C21H21ClF3N3O3. The van der Waals surface area contributed by atoms with Gasteiger partial charge in [-0.05, 0) is 31.5 Å². The van der Waals surface area contributed by atoms with Gasteiger partial charge in [-0.3, -0.25) is 4.79 Å². The minimum atomic E-state index is -4.60. The van der Waals surface area contributed by atoms with Crippen LogP contribution in [-0.2, 0) is 27.3 Å². The first kappa shape index (κ1) is 24.2. The molecule has 0 saturated heterocycles. The molecule has 0 aliphatic rings. The van der Waals surface area contributed by atoms with E-state index in [1.807, 2.05) is 0 Å². The molecule has 31 heavy (non-hydrogen) atoms. The van der Waals surface area contributed by atoms with E-state index in [1.165, 1.54) is 33.2 Å². The molecule has 6 nitrogen and oxygen atoms in total. The lowest BCUT2D eigenvalue weighted by Crippen LogP contribution is -2.29. The summed E-state index contributed by atoms with van der Waals surface area (Å²) in [5, 5.41) is 10.0. The van der Waals surface area contributed by atoms with Crippen molar-refractivity contribution in [1.82, 2.24) is 5.32 Å². The van der Waals surface area contributed by atoms with Crippen molar-refractivity contribution in [3.63, 3.8) is 0 Å². The van der Waals surface area contributed by atoms with Gasteiger partial charge in [0.25, 0.3) is 5.91 Å². The molecule has 0 saturated carbocycles. The number of aryl methyl sites for hydroxylation is 1. The van der Waals surface area contributed by atoms with Crippen LogP contribution in [0.25, 0.3) is 0 Å². The Bertz CT molecular complexity index is 1020. The third kappa shape index (κ3) is 5.75. The monoisotopic (exact) mass is 455 g/mol. The molecule has 0 fully saturated rings. The highest BCUT2D eigenvalue weighted by Gasteiger charge is 2.35. The summed E-state index contributed by atoms with van der Waals surface area (Å²) in [5.41, 5.74) is 0.621. The van der Waals surface area contributed by atoms with Crippen LogP contribution in [0.4, 0.5) is 13.2 Å². The van der Waals surface area contributed by atoms with Crippen molar-refractivity contribution in [2.45, 2.75) is 26.6 Å². The second-order valence-electron chi connectivity index (χ2n) is 6.41. The number of benzene rings is 2. The van der Waals surface area contributed by atoms with Crippen LogP contribution < -0.4 is 5.32 Å². The van der Waals surface area contributed by atoms with Gasteiger partial charge in [0.05, 0.1) is 16.3 Å². The highest BCUT2D eigenvalue weighted by atomic mass is 35.5. The third-order valence-corrected chi connectivity index (χ3v) is 4.70. The van der Waals surface area contributed by atoms with Gasteiger partial charge in [-0.25, -0.2) is 0 Å². The fraction of sp³-hybridized carbons (Fsp3) is 0.286. The number of rotatable bonds is 7. The zero-order valence-corrected chi connectivity index (χ0v) is 18.1. The van der Waals surface area contributed by atoms with Crippen molar-refractivity contribution in [3.8, 4) is 0 Å². The van der Waals surface area contributed by atoms with E-state index in [0.717, 1.165) is 11.6 Å². The van der Waals surface area contributed by atoms with Crippen molar-refractivity contribution >= 4 is 28.9 Å². The molecule has 1 amide bonds. The normalized spacial score (nSPS) is 12.5. The lowest BCUT2D eigenvalue weighted by atomic mass is 9.98. The van der Waals surface area contributed by atoms with Crippen LogP contribution in [0, 0.1) is 6.92 Å². The second kappa shape index (κ2) is 10.3. The second-order valence-corrected chi connectivity index (χ2v) is 6.82. The molecule has 0 atom stereocenters. The molecule has 0 unspecified atom stereocenters. The summed E-state index contributed by atoms with van der Waals surface area (Å²) in [6, 6.07) is 8.68. The molecule has 0 aromatic heterocycles. The van der Waals surface area contributed by atoms with E-state index < -0.39 is 17.6 Å². The summed E-state index contributed by atoms with van der Waals surface area (Å²) in [7, 11) is 2.76. The summed E-state index contributed by atoms with van der Waals surface area (Å²) < 4.78 is 40.0. The number of likely N-dealkylation sites (N-methyl/N-ethyl adjacent to an activating group) is 1. The van der Waals surface area contributed by atoms with Crippen LogP contribution >= 0.6 is 11.6 Å². The fourth-order valence-corrected chi connectivity index (χ4v) is 3.22. The summed E-state index contributed by atoms with van der Waals surface area (Å²) in [6.07, 6.45) is -4.60. The largest absolute Gasteiger partial charge is 0.417 e. The quantitative estimate of drug-likeness (QED) is 0.485. The van der Waals surface area contributed by atoms with Crippen molar-refractivity contribution in [2.24, 2.45) is 10.3 Å². The maximum absolute atomic E-state index is 13.3. The number of hydrogen-bond donors (Lipinski definition) is 1. The average Bonchev–Trinajstić information content (AvgIpc) is 2.71. The Morgan fingerprint density at radius 1 is 1.16 bits per heavy atom. The Balaban J connectivity index is 2.38. The van der Waals surface area contributed by atoms with Gasteiger partial charge < -0.3 is 15.0 Å². The van der Waals surface area contributed by atoms with Crippen LogP contribution in [-0.4, -0.2) is 31.5 Å². The highest BCUT2D eigenvalue weighted by Crippen LogP contribution is 2.35. The lowest BCUT2D eigenvalue weighted by molar-refractivity contribution is -0.137. The van der Waals surface area contributed by atoms with Gasteiger partial charge in [0.15, 0.2) is 5.71 Å². The Morgan fingerprint density at radius 2 is 1.84 bits per heavy atom. The van der Waals surface area contributed by atoms with Crippen molar-refractivity contribution in [2.75, 3.05) is 14.2 Å². The van der Waals surface area contributed by atoms with Gasteiger partial charge in [0.1, 0.15) is 13.7 Å². The zero-order valence-electron chi connectivity index (χ0n) is 17.3. The van der Waals surface area contributed by atoms with E-state index >= 15 is 0 Å². The molecule has 2 rings (SSSR count). The minimum absolute atomic E-state index is 0.0264. The molecule has 0 radical (unpaired) electrons. The van der Waals surface area contributed by atoms with Gasteiger partial charge in [-0.2, -0.15) is 13.2 Å². The lowest BCUT2D eigenvalue weighted by Gasteiger charge is -2.15. The van der Waals surface area contributed by atoms with Gasteiger partial charge in [-0.15, -0.1) is 0 Å². The maximum atomic E-state index is 13.3. The smallest absolute Gasteiger partial charge is 0.398 e. The number of alkyl halides is 3. The number of nitrogens with zero attached hydrogens (tertiary/aromatic N) is 2. The van der Waals surface area contributed by atoms with Crippen LogP contribution in [0.1, 0.15) is 34.7 Å². The van der Waals surface area contributed by atoms with E-state index in [2.05, 4.69) is 15.6 Å². The predicted molar refractivity (Wildman–Crippen MR) is 112 cm³/mol. The zero-order chi connectivity index (χ0) is 23.2. The SMILES string of the molecule is CNC(=O)/C(=N/OC)c1cccc(C)c1CO/N=C(\C)c1c(Cl)cccc1C(F)(F)F. The van der Waals surface area contributed by atoms with E-state index in [1.54, 1.807) is 25.1 Å². The fourth-order valence-electron chi connectivity index (χ4n) is 2.91. The minimum Gasteiger partial charge on any atom is -0.398 e. The maximum Gasteiger partial charge on any atom is 0.417 e. The molecule has 0 heterocycles. The molecule has 166 valence electrons. The number of oxime groups is 2. The summed E-state index contributed by atoms with van der Waals surface area (Å²) in [4.78, 5) is 22.3. The summed E-state index contributed by atoms with van der Waals surface area (Å²) >= 11 is 5.99. The Hall–Kier alpha value is -3.07. The van der Waals surface area contributed by atoms with Crippen LogP contribution in [0.2, 0.25) is 5.02 Å². The standard InChI is InChI=1S/C21H21ClF3N3O3/c1-12-7-5-8-14(19(28-30-4)20(29)26-3)15(12)11-31-27-13(2)18-16(21(23,24)25)9-6-10-17(18)22/h5-10H,11H2,1-4H3,(H,26,29)/b27-13+,28-19+. The number of halogens is 4. The van der Waals surface area contributed by atoms with E-state index in [0.29, 0.717) is 11.1 Å². The first-order valence-corrected chi connectivity index (χ1v) is 9.44. The molecule has 0 aliphatic carbocycles. The molecule has 10 heteroatoms. The van der Waals surface area contributed by atoms with Crippen molar-refractivity contribution in [3.05, 3.63) is 69.2 Å². The number of nitrogens with one attached hydrogen (secondary N) is 1. The summed E-state index contributed by atoms with van der Waals surface area (Å²) in [6.45, 7) is 3.05. The predicted octanol–water partition coefficient (Wildman–Crippen LogP) is 4.70. The molecule has 1 N–H and O–H groups in total. The van der Waals surface area contributed by atoms with Gasteiger partial charge >= 0.3 is 6.18 Å². The number of amides is 1. The summed E-state index contributed by atoms with van der Waals surface area (Å²) in [5.74, 6) is -0.473. The van der Waals surface area contributed by atoms with Crippen molar-refractivity contribution in [1.29, 1.82) is 0 Å². The Kier molecular flexibility index (Phi) is 8.04. The molecule has 0 spiro atoms. The van der Waals surface area contributed by atoms with Crippen LogP contribution in [0.3, 0.4) is 0 Å². The molecule has 0 aliphatic heterocycles. The van der Waals surface area contributed by atoms with E-state index in [4.69, 9.17) is 21.3 Å². The molecular weight excluding hydrogens is 435 g/mol. The first-order chi connectivity index (χ1) is 14.6. The Labute approximate surface area is 182 Å². The van der Waals surface area contributed by atoms with Gasteiger partial charge in [0, 0.05) is 23.7 Å². The van der Waals surface area contributed by atoms with E-state index in [9.17, 15) is 18.0 Å². The number of carbonyl (C=O) groups excluding carboxylic acids is 1. The topological polar surface area (TPSA) is 72.3 Å². The molecule has 0 bridgehead atoms. The molecule has 2 aromatic rings. The van der Waals surface area contributed by atoms with Crippen LogP contribution in [0.5, 0.6) is 0 Å². The Morgan fingerprint density at radius 3 is 2.45 bits per heavy atom. The average molecular weight is 456 g/mol. The highest BCUT2D eigenvalue weighted by molar-refractivity contribution is 6.45. The van der Waals surface area contributed by atoms with Crippen LogP contribution in [0.15, 0.2) is 46.7 Å². The van der Waals surface area contributed by atoms with E-state index in [-0.39, 0.29) is 28.6 Å². The van der Waals surface area contributed by atoms with Crippen molar-refractivity contribution < 1.29 is 27.6 Å². The third-order valence-electron chi connectivity index (χ3n) is 4.38. The number of carbonyl (C=O) groups is 1. The number of hydrogen-bond acceptors (Lipinski definition) is 5.